The molecule has 120 valence electrons. The Balaban J connectivity index is 4.04. The Morgan fingerprint density at radius 2 is 1.70 bits per heavy atom. The van der Waals surface area contributed by atoms with Crippen LogP contribution in [0, 0.1) is 5.41 Å². The molecule has 0 aromatic carbocycles. The fourth-order valence-corrected chi connectivity index (χ4v) is 1.40. The molecule has 3 N–H and O–H groups in total. The van der Waals surface area contributed by atoms with Gasteiger partial charge in [-0.2, -0.15) is 12.6 Å². The highest BCUT2D eigenvalue weighted by atomic mass is 32.1. The minimum atomic E-state index is -0.501. The Kier molecular flexibility index (Phi) is 7.35. The fraction of sp³-hybridized carbons (Fsp3) is 0.929. The van der Waals surface area contributed by atoms with Crippen LogP contribution in [-0.4, -0.2) is 42.7 Å². The number of alkyl carbamates (subject to hydrolysis) is 1. The zero-order valence-corrected chi connectivity index (χ0v) is 14.5. The molecular formula is C14H30N2O3S. The van der Waals surface area contributed by atoms with Gasteiger partial charge in [0.15, 0.2) is 0 Å². The largest absolute Gasteiger partial charge is 0.444 e. The third-order valence-corrected chi connectivity index (χ3v) is 2.76. The maximum atomic E-state index is 11.6. The zero-order chi connectivity index (χ0) is 16.0. The molecule has 0 aliphatic rings. The molecule has 0 aromatic rings. The summed E-state index contributed by atoms with van der Waals surface area (Å²) in [7, 11) is 0. The highest BCUT2D eigenvalue weighted by Crippen LogP contribution is 2.17. The second-order valence-corrected chi connectivity index (χ2v) is 8.29. The molecule has 0 spiro atoms. The second-order valence-electron chi connectivity index (χ2n) is 7.21. The first-order valence-corrected chi connectivity index (χ1v) is 7.29. The topological polar surface area (TPSA) is 73.6 Å². The number of nitrogens with one attached hydrogen (secondary N) is 1. The Morgan fingerprint density at radius 3 is 2.15 bits per heavy atom. The molecule has 0 bridgehead atoms. The predicted octanol–water partition coefficient (Wildman–Crippen LogP) is 2.20. The molecule has 0 rings (SSSR count). The normalized spacial score (nSPS) is 15.6. The lowest BCUT2D eigenvalue weighted by atomic mass is 9.95. The third-order valence-electron chi connectivity index (χ3n) is 2.47. The Bertz CT molecular complexity index is 312. The maximum absolute atomic E-state index is 11.6. The highest BCUT2D eigenvalue weighted by Gasteiger charge is 2.24. The van der Waals surface area contributed by atoms with Gasteiger partial charge >= 0.3 is 6.09 Å². The average Bonchev–Trinajstić information content (AvgIpc) is 2.24. The van der Waals surface area contributed by atoms with Gasteiger partial charge in [-0.3, -0.25) is 0 Å². The van der Waals surface area contributed by atoms with Crippen molar-refractivity contribution in [3.63, 3.8) is 0 Å². The van der Waals surface area contributed by atoms with Gasteiger partial charge in [0.1, 0.15) is 5.60 Å². The van der Waals surface area contributed by atoms with Crippen molar-refractivity contribution in [2.45, 2.75) is 51.9 Å². The number of thiol groups is 1. The molecular weight excluding hydrogens is 276 g/mol. The van der Waals surface area contributed by atoms with E-state index in [1.807, 2.05) is 41.5 Å². The van der Waals surface area contributed by atoms with Crippen molar-refractivity contribution in [1.29, 1.82) is 0 Å². The summed E-state index contributed by atoms with van der Waals surface area (Å²) in [6.45, 7) is 13.4. The summed E-state index contributed by atoms with van der Waals surface area (Å²) in [6, 6.07) is 0. The van der Waals surface area contributed by atoms with Crippen molar-refractivity contribution < 1.29 is 14.3 Å². The molecule has 0 aliphatic heterocycles. The van der Waals surface area contributed by atoms with Crippen molar-refractivity contribution in [2.24, 2.45) is 11.1 Å². The van der Waals surface area contributed by atoms with E-state index < -0.39 is 16.4 Å². The van der Waals surface area contributed by atoms with Gasteiger partial charge in [0, 0.05) is 12.0 Å². The first-order chi connectivity index (χ1) is 8.87. The van der Waals surface area contributed by atoms with E-state index in [4.69, 9.17) is 15.2 Å². The van der Waals surface area contributed by atoms with Gasteiger partial charge < -0.3 is 20.5 Å². The van der Waals surface area contributed by atoms with Crippen molar-refractivity contribution >= 4 is 18.7 Å². The number of carbonyl (C=O) groups excluding carboxylic acids is 1. The maximum Gasteiger partial charge on any atom is 0.407 e. The zero-order valence-electron chi connectivity index (χ0n) is 13.6. The van der Waals surface area contributed by atoms with Gasteiger partial charge in [0.2, 0.25) is 0 Å². The molecule has 0 saturated heterocycles. The van der Waals surface area contributed by atoms with E-state index >= 15 is 0 Å². The van der Waals surface area contributed by atoms with Gasteiger partial charge in [-0.1, -0.05) is 13.8 Å². The summed E-state index contributed by atoms with van der Waals surface area (Å²) < 4.78 is 10.3. The monoisotopic (exact) mass is 306 g/mol. The number of hydrogen-bond acceptors (Lipinski definition) is 5. The van der Waals surface area contributed by atoms with E-state index in [0.717, 1.165) is 0 Å². The highest BCUT2D eigenvalue weighted by molar-refractivity contribution is 7.81. The van der Waals surface area contributed by atoms with Crippen LogP contribution in [0.25, 0.3) is 0 Å². The lowest BCUT2D eigenvalue weighted by Crippen LogP contribution is -2.43. The van der Waals surface area contributed by atoms with Crippen LogP contribution in [0.3, 0.4) is 0 Å². The smallest absolute Gasteiger partial charge is 0.407 e. The van der Waals surface area contributed by atoms with Gasteiger partial charge in [-0.25, -0.2) is 4.79 Å². The summed E-state index contributed by atoms with van der Waals surface area (Å²) >= 11 is 4.51. The number of rotatable bonds is 7. The van der Waals surface area contributed by atoms with Gasteiger partial charge in [-0.05, 0) is 34.2 Å². The van der Waals surface area contributed by atoms with E-state index in [9.17, 15) is 4.79 Å². The fourth-order valence-electron chi connectivity index (χ4n) is 1.23. The van der Waals surface area contributed by atoms with Crippen molar-refractivity contribution in [3.8, 4) is 0 Å². The van der Waals surface area contributed by atoms with E-state index in [-0.39, 0.29) is 5.41 Å². The third kappa shape index (κ3) is 10.3. The summed E-state index contributed by atoms with van der Waals surface area (Å²) in [5, 5.41) is 2.70. The van der Waals surface area contributed by atoms with Crippen LogP contribution >= 0.6 is 12.6 Å². The average molecular weight is 306 g/mol. The first kappa shape index (κ1) is 19.5. The molecule has 0 aromatic heterocycles. The van der Waals surface area contributed by atoms with Crippen LogP contribution in [0.15, 0.2) is 0 Å². The number of nitrogens with two attached hydrogens (primary N) is 1. The van der Waals surface area contributed by atoms with Crippen LogP contribution in [0.2, 0.25) is 0 Å². The molecule has 0 heterocycles. The molecule has 0 saturated carbocycles. The molecule has 1 amide bonds. The van der Waals surface area contributed by atoms with Crippen molar-refractivity contribution in [1.82, 2.24) is 5.32 Å². The molecule has 5 nitrogen and oxygen atoms in total. The Hall–Kier alpha value is -0.460. The van der Waals surface area contributed by atoms with E-state index in [2.05, 4.69) is 17.9 Å². The first-order valence-electron chi connectivity index (χ1n) is 6.84. The SMILES string of the molecule is CC(C)(CN)COCC(C)(S)CNC(=O)OC(C)(C)C. The molecule has 6 heteroatoms. The Morgan fingerprint density at radius 1 is 1.15 bits per heavy atom. The number of hydrogen-bond donors (Lipinski definition) is 3. The lowest BCUT2D eigenvalue weighted by Gasteiger charge is -2.28. The van der Waals surface area contributed by atoms with Gasteiger partial charge in [0.25, 0.3) is 0 Å². The van der Waals surface area contributed by atoms with E-state index in [0.29, 0.717) is 26.3 Å². The molecule has 0 aliphatic carbocycles. The quantitative estimate of drug-likeness (QED) is 0.630. The summed E-state index contributed by atoms with van der Waals surface area (Å²) in [5.41, 5.74) is 5.09. The van der Waals surface area contributed by atoms with Gasteiger partial charge in [-0.15, -0.1) is 0 Å². The van der Waals surface area contributed by atoms with Crippen LogP contribution in [0.4, 0.5) is 4.79 Å². The molecule has 0 fully saturated rings. The summed E-state index contributed by atoms with van der Waals surface area (Å²) in [5.74, 6) is 0. The van der Waals surface area contributed by atoms with E-state index in [1.54, 1.807) is 0 Å². The minimum absolute atomic E-state index is 0.0531. The van der Waals surface area contributed by atoms with E-state index in [1.165, 1.54) is 0 Å². The Labute approximate surface area is 128 Å². The van der Waals surface area contributed by atoms with Gasteiger partial charge in [0.05, 0.1) is 18.0 Å². The number of amides is 1. The number of carbonyl (C=O) groups is 1. The lowest BCUT2D eigenvalue weighted by molar-refractivity contribution is 0.0447. The minimum Gasteiger partial charge on any atom is -0.444 e. The molecule has 1 unspecified atom stereocenters. The van der Waals surface area contributed by atoms with Crippen LogP contribution in [0.5, 0.6) is 0 Å². The molecule has 20 heavy (non-hydrogen) atoms. The predicted molar refractivity (Wildman–Crippen MR) is 85.3 cm³/mol. The summed E-state index contributed by atoms with van der Waals surface area (Å²) in [4.78, 5) is 11.6. The van der Waals surface area contributed by atoms with Crippen LogP contribution in [-0.2, 0) is 9.47 Å². The summed E-state index contributed by atoms with van der Waals surface area (Å²) in [6.07, 6.45) is -0.444. The second kappa shape index (κ2) is 7.52. The standard InChI is InChI=1S/C14H30N2O3S/c1-12(2,3)19-11(17)16-8-14(6,20)10-18-9-13(4,5)7-15/h20H,7-10,15H2,1-6H3,(H,16,17). The van der Waals surface area contributed by atoms with Crippen molar-refractivity contribution in [3.05, 3.63) is 0 Å². The molecule has 0 radical (unpaired) electrons. The van der Waals surface area contributed by atoms with Crippen LogP contribution < -0.4 is 11.1 Å². The number of ether oxygens (including phenoxy) is 2. The van der Waals surface area contributed by atoms with Crippen molar-refractivity contribution in [2.75, 3.05) is 26.3 Å². The molecule has 1 atom stereocenters. The van der Waals surface area contributed by atoms with Crippen LogP contribution in [0.1, 0.15) is 41.5 Å².